The number of hydrogen-bond acceptors (Lipinski definition) is 6. The lowest BCUT2D eigenvalue weighted by atomic mass is 10.2. The zero-order valence-corrected chi connectivity index (χ0v) is 22.3. The van der Waals surface area contributed by atoms with Crippen LogP contribution in [0.5, 0.6) is 17.2 Å². The molecule has 7 nitrogen and oxygen atoms in total. The number of carbonyl (C=O) groups is 1. The SMILES string of the molecule is CCOc1ccc2oc(C(=O)N/N=C/c3cc(Cl)c(OCc4ccc(Cl)cc4Cl)c(OCC)c3)cc2c1. The Kier molecular flexibility index (Phi) is 8.82. The van der Waals surface area contributed by atoms with E-state index in [4.69, 9.17) is 53.4 Å². The minimum absolute atomic E-state index is 0.124. The molecule has 1 amide bonds. The molecule has 0 spiro atoms. The van der Waals surface area contributed by atoms with Crippen molar-refractivity contribution in [3.63, 3.8) is 0 Å². The van der Waals surface area contributed by atoms with Crippen LogP contribution in [0.25, 0.3) is 11.0 Å². The quantitative estimate of drug-likeness (QED) is 0.160. The highest BCUT2D eigenvalue weighted by atomic mass is 35.5. The van der Waals surface area contributed by atoms with Gasteiger partial charge in [-0.2, -0.15) is 5.10 Å². The highest BCUT2D eigenvalue weighted by Crippen LogP contribution is 2.37. The summed E-state index contributed by atoms with van der Waals surface area (Å²) in [6.07, 6.45) is 1.45. The van der Waals surface area contributed by atoms with Gasteiger partial charge in [-0.1, -0.05) is 40.9 Å². The van der Waals surface area contributed by atoms with E-state index < -0.39 is 5.91 Å². The lowest BCUT2D eigenvalue weighted by molar-refractivity contribution is 0.0929. The number of fused-ring (bicyclic) bond motifs is 1. The van der Waals surface area contributed by atoms with E-state index in [1.807, 2.05) is 19.9 Å². The van der Waals surface area contributed by atoms with Gasteiger partial charge in [-0.3, -0.25) is 4.79 Å². The first-order valence-electron chi connectivity index (χ1n) is 11.4. The average Bonchev–Trinajstić information content (AvgIpc) is 3.29. The van der Waals surface area contributed by atoms with Crippen molar-refractivity contribution in [3.05, 3.63) is 86.6 Å². The molecule has 0 bridgehead atoms. The third-order valence-electron chi connectivity index (χ3n) is 5.12. The standard InChI is InChI=1S/C27H23Cl3N2O5/c1-3-34-20-7-8-23-18(11-20)12-25(37-23)27(33)32-31-14-16-9-22(30)26(24(10-16)35-4-2)36-15-17-5-6-19(28)13-21(17)29/h5-14H,3-4,15H2,1-2H3,(H,32,33)/b31-14+. The van der Waals surface area contributed by atoms with Crippen LogP contribution in [0, 0.1) is 0 Å². The number of amides is 1. The van der Waals surface area contributed by atoms with Crippen LogP contribution in [-0.4, -0.2) is 25.3 Å². The third-order valence-corrected chi connectivity index (χ3v) is 5.99. The van der Waals surface area contributed by atoms with Gasteiger partial charge >= 0.3 is 5.91 Å². The molecule has 4 rings (SSSR count). The highest BCUT2D eigenvalue weighted by molar-refractivity contribution is 6.35. The van der Waals surface area contributed by atoms with Gasteiger partial charge in [0.2, 0.25) is 0 Å². The van der Waals surface area contributed by atoms with E-state index in [1.165, 1.54) is 6.21 Å². The number of furan rings is 1. The van der Waals surface area contributed by atoms with E-state index in [0.29, 0.717) is 56.7 Å². The minimum Gasteiger partial charge on any atom is -0.494 e. The summed E-state index contributed by atoms with van der Waals surface area (Å²) in [7, 11) is 0. The average molecular weight is 562 g/mol. The largest absolute Gasteiger partial charge is 0.494 e. The Morgan fingerprint density at radius 2 is 1.76 bits per heavy atom. The molecule has 0 aliphatic rings. The molecule has 3 aromatic carbocycles. The van der Waals surface area contributed by atoms with E-state index in [-0.39, 0.29) is 12.4 Å². The van der Waals surface area contributed by atoms with Crippen LogP contribution in [0.2, 0.25) is 15.1 Å². The van der Waals surface area contributed by atoms with Gasteiger partial charge in [-0.05, 0) is 67.9 Å². The second-order valence-corrected chi connectivity index (χ2v) is 8.98. The summed E-state index contributed by atoms with van der Waals surface area (Å²) in [6, 6.07) is 15.5. The van der Waals surface area contributed by atoms with Crippen molar-refractivity contribution in [1.82, 2.24) is 5.43 Å². The Hall–Kier alpha value is -3.39. The van der Waals surface area contributed by atoms with Crippen molar-refractivity contribution in [2.45, 2.75) is 20.5 Å². The van der Waals surface area contributed by atoms with Gasteiger partial charge in [-0.15, -0.1) is 0 Å². The minimum atomic E-state index is -0.499. The van der Waals surface area contributed by atoms with Gasteiger partial charge in [-0.25, -0.2) is 5.43 Å². The zero-order chi connectivity index (χ0) is 26.4. The van der Waals surface area contributed by atoms with Crippen LogP contribution in [0.3, 0.4) is 0 Å². The fourth-order valence-electron chi connectivity index (χ4n) is 3.46. The van der Waals surface area contributed by atoms with Gasteiger partial charge in [0.1, 0.15) is 17.9 Å². The van der Waals surface area contributed by atoms with E-state index >= 15 is 0 Å². The second kappa shape index (κ2) is 12.2. The summed E-state index contributed by atoms with van der Waals surface area (Å²) in [5, 5.41) is 6.11. The first kappa shape index (κ1) is 26.7. The van der Waals surface area contributed by atoms with E-state index in [1.54, 1.807) is 48.5 Å². The molecule has 0 aliphatic heterocycles. The van der Waals surface area contributed by atoms with E-state index in [9.17, 15) is 4.79 Å². The molecular weight excluding hydrogens is 539 g/mol. The number of hydrogen-bond donors (Lipinski definition) is 1. The topological polar surface area (TPSA) is 82.3 Å². The van der Waals surface area contributed by atoms with Gasteiger partial charge in [0.15, 0.2) is 17.3 Å². The maximum absolute atomic E-state index is 12.5. The highest BCUT2D eigenvalue weighted by Gasteiger charge is 2.15. The molecule has 1 N–H and O–H groups in total. The molecule has 1 heterocycles. The zero-order valence-electron chi connectivity index (χ0n) is 20.0. The Labute approximate surface area is 228 Å². The van der Waals surface area contributed by atoms with Crippen molar-refractivity contribution in [1.29, 1.82) is 0 Å². The number of nitrogens with zero attached hydrogens (tertiary/aromatic N) is 1. The summed E-state index contributed by atoms with van der Waals surface area (Å²) in [5.74, 6) is 1.12. The predicted octanol–water partition coefficient (Wildman–Crippen LogP) is 7.53. The first-order valence-corrected chi connectivity index (χ1v) is 12.5. The monoisotopic (exact) mass is 560 g/mol. The number of benzene rings is 3. The van der Waals surface area contributed by atoms with Gasteiger partial charge in [0, 0.05) is 21.0 Å². The summed E-state index contributed by atoms with van der Waals surface area (Å²) >= 11 is 18.7. The van der Waals surface area contributed by atoms with Crippen molar-refractivity contribution in [2.75, 3.05) is 13.2 Å². The van der Waals surface area contributed by atoms with Crippen LogP contribution in [0.1, 0.15) is 35.5 Å². The van der Waals surface area contributed by atoms with Crippen LogP contribution in [0.4, 0.5) is 0 Å². The number of rotatable bonds is 10. The van der Waals surface area contributed by atoms with E-state index in [2.05, 4.69) is 10.5 Å². The summed E-state index contributed by atoms with van der Waals surface area (Å²) in [5.41, 5.74) is 4.37. The fourth-order valence-corrected chi connectivity index (χ4v) is 4.20. The number of hydrazone groups is 1. The molecule has 0 fully saturated rings. The maximum atomic E-state index is 12.5. The molecule has 1 aromatic heterocycles. The Morgan fingerprint density at radius 1 is 0.946 bits per heavy atom. The maximum Gasteiger partial charge on any atom is 0.307 e. The van der Waals surface area contributed by atoms with Gasteiger partial charge in [0.05, 0.1) is 24.5 Å². The Bertz CT molecular complexity index is 1450. The van der Waals surface area contributed by atoms with E-state index in [0.717, 1.165) is 10.9 Å². The number of nitrogens with one attached hydrogen (secondary N) is 1. The predicted molar refractivity (Wildman–Crippen MR) is 146 cm³/mol. The van der Waals surface area contributed by atoms with Crippen LogP contribution >= 0.6 is 34.8 Å². The van der Waals surface area contributed by atoms with Crippen LogP contribution in [0.15, 0.2) is 64.1 Å². The number of carbonyl (C=O) groups excluding carboxylic acids is 1. The molecule has 4 aromatic rings. The Morgan fingerprint density at radius 3 is 2.51 bits per heavy atom. The summed E-state index contributed by atoms with van der Waals surface area (Å²) in [4.78, 5) is 12.5. The molecule has 10 heteroatoms. The molecule has 0 saturated carbocycles. The molecule has 192 valence electrons. The molecule has 0 unspecified atom stereocenters. The smallest absolute Gasteiger partial charge is 0.307 e. The van der Waals surface area contributed by atoms with Crippen molar-refractivity contribution in [2.24, 2.45) is 5.10 Å². The third kappa shape index (κ3) is 6.68. The molecule has 37 heavy (non-hydrogen) atoms. The summed E-state index contributed by atoms with van der Waals surface area (Å²) < 4.78 is 22.7. The Balaban J connectivity index is 1.46. The number of halogens is 3. The van der Waals surface area contributed by atoms with Crippen molar-refractivity contribution >= 4 is 57.9 Å². The van der Waals surface area contributed by atoms with Crippen molar-refractivity contribution in [3.8, 4) is 17.2 Å². The normalized spacial score (nSPS) is 11.2. The summed E-state index contributed by atoms with van der Waals surface area (Å²) in [6.45, 7) is 4.86. The van der Waals surface area contributed by atoms with Crippen molar-refractivity contribution < 1.29 is 23.4 Å². The van der Waals surface area contributed by atoms with Crippen LogP contribution in [-0.2, 0) is 6.61 Å². The molecule has 0 saturated heterocycles. The second-order valence-electron chi connectivity index (χ2n) is 7.73. The fraction of sp³-hybridized carbons (Fsp3) is 0.185. The number of ether oxygens (including phenoxy) is 3. The molecule has 0 atom stereocenters. The molecule has 0 radical (unpaired) electrons. The molecular formula is C27H23Cl3N2O5. The van der Waals surface area contributed by atoms with Gasteiger partial charge < -0.3 is 18.6 Å². The van der Waals surface area contributed by atoms with Crippen LogP contribution < -0.4 is 19.6 Å². The van der Waals surface area contributed by atoms with Gasteiger partial charge in [0.25, 0.3) is 0 Å². The molecule has 0 aliphatic carbocycles. The lowest BCUT2D eigenvalue weighted by Gasteiger charge is -2.15. The lowest BCUT2D eigenvalue weighted by Crippen LogP contribution is -2.16. The first-order chi connectivity index (χ1) is 17.9.